The molecule has 0 bridgehead atoms. The van der Waals surface area contributed by atoms with Gasteiger partial charge in [-0.25, -0.2) is 9.78 Å². The van der Waals surface area contributed by atoms with Gasteiger partial charge in [0.15, 0.2) is 8.32 Å². The van der Waals surface area contributed by atoms with Crippen LogP contribution in [0.2, 0.25) is 18.1 Å². The van der Waals surface area contributed by atoms with Gasteiger partial charge in [-0.1, -0.05) is 36.7 Å². The van der Waals surface area contributed by atoms with Crippen molar-refractivity contribution in [2.45, 2.75) is 90.5 Å². The first-order valence-electron chi connectivity index (χ1n) is 10.1. The number of ether oxygens (including phenoxy) is 2. The lowest BCUT2D eigenvalue weighted by Crippen LogP contribution is -2.41. The number of hydrogen-bond acceptors (Lipinski definition) is 5. The Balaban J connectivity index is 2.06. The molecule has 1 saturated heterocycles. The van der Waals surface area contributed by atoms with Crippen LogP contribution in [-0.2, 0) is 13.9 Å². The van der Waals surface area contributed by atoms with Crippen molar-refractivity contribution < 1.29 is 18.7 Å². The van der Waals surface area contributed by atoms with Gasteiger partial charge in [-0.05, 0) is 63.5 Å². The van der Waals surface area contributed by atoms with E-state index >= 15 is 0 Å². The number of esters is 1. The third kappa shape index (κ3) is 4.68. The molecule has 0 amide bonds. The molecule has 1 aliphatic carbocycles. The molecular weight excluding hydrogens is 450 g/mol. The van der Waals surface area contributed by atoms with Crippen LogP contribution in [0, 0.1) is 0 Å². The first-order valence-corrected chi connectivity index (χ1v) is 13.8. The number of rotatable bonds is 4. The van der Waals surface area contributed by atoms with Crippen LogP contribution < -0.4 is 0 Å². The Hall–Kier alpha value is -1.02. The molecule has 1 aliphatic heterocycles. The van der Waals surface area contributed by atoms with Gasteiger partial charge in [-0.2, -0.15) is 0 Å². The monoisotopic (exact) mass is 481 g/mol. The minimum Gasteiger partial charge on any atom is -0.455 e. The zero-order chi connectivity index (χ0) is 21.9. The summed E-state index contributed by atoms with van der Waals surface area (Å²) in [6.07, 6.45) is 1.78. The fraction of sp³-hybridized carbons (Fsp3) is 0.636. The highest BCUT2D eigenvalue weighted by Crippen LogP contribution is 2.51. The molecule has 0 aromatic carbocycles. The Labute approximate surface area is 183 Å². The van der Waals surface area contributed by atoms with Crippen LogP contribution in [0.25, 0.3) is 4.48 Å². The fourth-order valence-corrected chi connectivity index (χ4v) is 5.24. The van der Waals surface area contributed by atoms with E-state index in [2.05, 4.69) is 67.8 Å². The van der Waals surface area contributed by atoms with Crippen molar-refractivity contribution in [3.63, 3.8) is 0 Å². The number of aromatic nitrogens is 1. The Kier molecular flexibility index (Phi) is 5.69. The van der Waals surface area contributed by atoms with Crippen LogP contribution in [-0.4, -0.2) is 31.0 Å². The number of epoxide rings is 1. The maximum Gasteiger partial charge on any atom is 0.357 e. The lowest BCUT2D eigenvalue weighted by molar-refractivity contribution is 0.00622. The summed E-state index contributed by atoms with van der Waals surface area (Å²) >= 11 is 3.68. The Morgan fingerprint density at radius 1 is 1.24 bits per heavy atom. The van der Waals surface area contributed by atoms with Gasteiger partial charge in [0, 0.05) is 10.0 Å². The third-order valence-corrected chi connectivity index (χ3v) is 11.0. The molecule has 160 valence electrons. The summed E-state index contributed by atoms with van der Waals surface area (Å²) in [5.41, 5.74) is 2.42. The smallest absolute Gasteiger partial charge is 0.357 e. The highest BCUT2D eigenvalue weighted by Gasteiger charge is 2.47. The summed E-state index contributed by atoms with van der Waals surface area (Å²) in [4.78, 5) is 17.4. The van der Waals surface area contributed by atoms with Crippen LogP contribution in [0.1, 0.15) is 88.0 Å². The number of carbonyl (C=O) groups is 1. The summed E-state index contributed by atoms with van der Waals surface area (Å²) in [6, 6.07) is 1.82. The molecule has 0 unspecified atom stereocenters. The van der Waals surface area contributed by atoms with Gasteiger partial charge in [-0.15, -0.1) is 0 Å². The van der Waals surface area contributed by atoms with Crippen LogP contribution in [0.4, 0.5) is 0 Å². The van der Waals surface area contributed by atoms with E-state index in [1.807, 2.05) is 26.8 Å². The second kappa shape index (κ2) is 7.29. The molecule has 3 rings (SSSR count). The van der Waals surface area contributed by atoms with Gasteiger partial charge < -0.3 is 13.9 Å². The van der Waals surface area contributed by atoms with Crippen molar-refractivity contribution in [2.75, 3.05) is 0 Å². The second-order valence-electron chi connectivity index (χ2n) is 10.4. The topological polar surface area (TPSA) is 61.0 Å². The summed E-state index contributed by atoms with van der Waals surface area (Å²) in [7, 11) is -2.01. The average molecular weight is 482 g/mol. The van der Waals surface area contributed by atoms with E-state index in [1.54, 1.807) is 0 Å². The van der Waals surface area contributed by atoms with Gasteiger partial charge in [0.25, 0.3) is 0 Å². The molecule has 2 aliphatic rings. The van der Waals surface area contributed by atoms with E-state index in [-0.39, 0.29) is 23.4 Å². The van der Waals surface area contributed by atoms with Crippen LogP contribution in [0.5, 0.6) is 0 Å². The molecule has 0 saturated carbocycles. The zero-order valence-corrected chi connectivity index (χ0v) is 21.4. The number of halogens is 1. The van der Waals surface area contributed by atoms with Crippen molar-refractivity contribution in [1.29, 1.82) is 0 Å². The molecule has 29 heavy (non-hydrogen) atoms. The van der Waals surface area contributed by atoms with Crippen molar-refractivity contribution >= 4 is 34.7 Å². The maximum absolute atomic E-state index is 12.8. The number of fused-ring (bicyclic) bond motifs is 3. The molecule has 1 aromatic heterocycles. The van der Waals surface area contributed by atoms with E-state index in [0.717, 1.165) is 21.3 Å². The molecule has 0 spiro atoms. The average Bonchev–Trinajstić information content (AvgIpc) is 3.30. The predicted octanol–water partition coefficient (Wildman–Crippen LogP) is 6.31. The summed E-state index contributed by atoms with van der Waals surface area (Å²) in [5, 5.41) is 0.0835. The van der Waals surface area contributed by atoms with Gasteiger partial charge in [0.05, 0.1) is 11.8 Å². The zero-order valence-electron chi connectivity index (χ0n) is 18.8. The van der Waals surface area contributed by atoms with Gasteiger partial charge in [0.2, 0.25) is 0 Å². The molecule has 0 radical (unpaired) electrons. The largest absolute Gasteiger partial charge is 0.455 e. The third-order valence-electron chi connectivity index (χ3n) is 5.75. The van der Waals surface area contributed by atoms with Crippen LogP contribution in [0.15, 0.2) is 12.1 Å². The molecule has 3 atom stereocenters. The Morgan fingerprint density at radius 3 is 2.41 bits per heavy atom. The predicted molar refractivity (Wildman–Crippen MR) is 121 cm³/mol. The number of nitrogens with zero attached hydrogens (tertiary/aromatic N) is 1. The molecule has 7 heteroatoms. The molecule has 2 heterocycles. The highest BCUT2D eigenvalue weighted by molar-refractivity contribution is 9.15. The first-order chi connectivity index (χ1) is 13.1. The minimum atomic E-state index is -2.01. The van der Waals surface area contributed by atoms with Gasteiger partial charge in [0.1, 0.15) is 23.5 Å². The highest BCUT2D eigenvalue weighted by atomic mass is 79.9. The summed E-state index contributed by atoms with van der Waals surface area (Å²) in [6.45, 7) is 18.7. The van der Waals surface area contributed by atoms with Gasteiger partial charge >= 0.3 is 5.97 Å². The van der Waals surface area contributed by atoms with Gasteiger partial charge in [-0.3, -0.25) is 0 Å². The summed E-state index contributed by atoms with van der Waals surface area (Å²) in [5.74, 6) is -0.427. The number of hydrogen-bond donors (Lipinski definition) is 0. The Morgan fingerprint density at radius 2 is 1.86 bits per heavy atom. The van der Waals surface area contributed by atoms with Crippen molar-refractivity contribution in [1.82, 2.24) is 4.98 Å². The fourth-order valence-electron chi connectivity index (χ4n) is 3.19. The normalized spacial score (nSPS) is 22.3. The first kappa shape index (κ1) is 22.7. The minimum absolute atomic E-state index is 0.0164. The standard InChI is InChI=1S/C22H32BrNO4Si/c1-12(28-29(8,9)22(5,6)7)13-10-15(20(25)27-21(2,3)4)24-18-17(13)14(23)11-16-19(18)26-16/h10-12,16,19H,1-9H3/t12-,16-,19-/m0/s1. The van der Waals surface area contributed by atoms with E-state index < -0.39 is 19.9 Å². The molecule has 1 fully saturated rings. The number of pyridine rings is 1. The van der Waals surface area contributed by atoms with Crippen LogP contribution in [0.3, 0.4) is 0 Å². The summed E-state index contributed by atoms with van der Waals surface area (Å²) < 4.78 is 18.9. The van der Waals surface area contributed by atoms with E-state index in [4.69, 9.17) is 13.9 Å². The van der Waals surface area contributed by atoms with Crippen LogP contribution >= 0.6 is 15.9 Å². The SMILES string of the molecule is C[C@H](O[Si](C)(C)C(C)(C)C)c1cc(C(=O)OC(C)(C)C)nc2c1C(Br)=C[C@@H]1O[C@H]21. The molecule has 0 N–H and O–H groups in total. The maximum atomic E-state index is 12.8. The van der Waals surface area contributed by atoms with E-state index in [9.17, 15) is 4.79 Å². The lowest BCUT2D eigenvalue weighted by atomic mass is 9.94. The Bertz CT molecular complexity index is 867. The van der Waals surface area contributed by atoms with Crippen molar-refractivity contribution in [2.24, 2.45) is 0 Å². The van der Waals surface area contributed by atoms with Crippen molar-refractivity contribution in [3.8, 4) is 0 Å². The molecule has 5 nitrogen and oxygen atoms in total. The quantitative estimate of drug-likeness (QED) is 0.286. The molecular formula is C22H32BrNO4Si. The lowest BCUT2D eigenvalue weighted by Gasteiger charge is -2.39. The number of carbonyl (C=O) groups excluding carboxylic acids is 1. The second-order valence-corrected chi connectivity index (χ2v) is 16.0. The van der Waals surface area contributed by atoms with E-state index in [0.29, 0.717) is 5.69 Å². The van der Waals surface area contributed by atoms with Crippen molar-refractivity contribution in [3.05, 3.63) is 34.7 Å². The molecule has 1 aromatic rings. The van der Waals surface area contributed by atoms with E-state index in [1.165, 1.54) is 0 Å².